The third-order valence-electron chi connectivity index (χ3n) is 3.51. The number of hydrogen-bond acceptors (Lipinski definition) is 4. The van der Waals surface area contributed by atoms with E-state index in [0.29, 0.717) is 16.9 Å². The fourth-order valence-electron chi connectivity index (χ4n) is 2.23. The van der Waals surface area contributed by atoms with Crippen LogP contribution in [0.25, 0.3) is 11.3 Å². The number of rotatable bonds is 4. The van der Waals surface area contributed by atoms with E-state index >= 15 is 0 Å². The maximum Gasteiger partial charge on any atom is 0.115 e. The molecule has 0 amide bonds. The molecule has 0 saturated heterocycles. The Labute approximate surface area is 145 Å². The van der Waals surface area contributed by atoms with Crippen molar-refractivity contribution in [2.45, 2.75) is 10.8 Å². The molecule has 0 fully saturated rings. The van der Waals surface area contributed by atoms with Crippen LogP contribution in [0.3, 0.4) is 0 Å². The first-order chi connectivity index (χ1) is 11.8. The largest absolute Gasteiger partial charge is 0.240 e. The summed E-state index contributed by atoms with van der Waals surface area (Å²) in [6, 6.07) is 25.4. The normalized spacial score (nSPS) is 9.92. The Balaban J connectivity index is 1.83. The molecule has 0 unspecified atom stereocenters. The summed E-state index contributed by atoms with van der Waals surface area (Å²) in [5.41, 5.74) is 4.20. The van der Waals surface area contributed by atoms with Gasteiger partial charge >= 0.3 is 0 Å². The lowest BCUT2D eigenvalue weighted by molar-refractivity contribution is 1.11. The van der Waals surface area contributed by atoms with Crippen molar-refractivity contribution in [1.82, 2.24) is 4.98 Å². The number of benzene rings is 2. The summed E-state index contributed by atoms with van der Waals surface area (Å²) in [7, 11) is 0. The first-order valence-corrected chi connectivity index (χ1v) is 8.37. The molecule has 1 heterocycles. The molecule has 114 valence electrons. The van der Waals surface area contributed by atoms with Crippen LogP contribution in [0.1, 0.15) is 16.7 Å². The Hall–Kier alpha value is -3.08. The quantitative estimate of drug-likeness (QED) is 0.647. The van der Waals surface area contributed by atoms with E-state index in [1.807, 2.05) is 54.6 Å². The number of pyridine rings is 1. The molecule has 4 heteroatoms. The zero-order valence-electron chi connectivity index (χ0n) is 12.8. The molecule has 2 aromatic carbocycles. The second-order valence-electron chi connectivity index (χ2n) is 5.12. The summed E-state index contributed by atoms with van der Waals surface area (Å²) >= 11 is 1.53. The Bertz CT molecular complexity index is 920. The summed E-state index contributed by atoms with van der Waals surface area (Å²) in [5, 5.41) is 18.9. The number of aromatic nitrogens is 1. The Morgan fingerprint density at radius 1 is 0.833 bits per heavy atom. The van der Waals surface area contributed by atoms with Crippen molar-refractivity contribution >= 4 is 11.8 Å². The van der Waals surface area contributed by atoms with Gasteiger partial charge in [0.2, 0.25) is 0 Å². The predicted octanol–water partition coefficient (Wildman–Crippen LogP) is 4.78. The molecular formula is C20H13N3S. The fourth-order valence-corrected chi connectivity index (χ4v) is 3.16. The monoisotopic (exact) mass is 327 g/mol. The van der Waals surface area contributed by atoms with Gasteiger partial charge in [0.05, 0.1) is 22.9 Å². The van der Waals surface area contributed by atoms with Crippen molar-refractivity contribution in [1.29, 1.82) is 10.5 Å². The summed E-state index contributed by atoms with van der Waals surface area (Å²) in [6.45, 7) is 0. The number of nitriles is 2. The van der Waals surface area contributed by atoms with Gasteiger partial charge < -0.3 is 0 Å². The van der Waals surface area contributed by atoms with Gasteiger partial charge in [0.25, 0.3) is 0 Å². The topological polar surface area (TPSA) is 60.5 Å². The van der Waals surface area contributed by atoms with Crippen LogP contribution in [-0.4, -0.2) is 4.98 Å². The first-order valence-electron chi connectivity index (χ1n) is 7.38. The second-order valence-corrected chi connectivity index (χ2v) is 6.09. The van der Waals surface area contributed by atoms with Crippen LogP contribution in [0.2, 0.25) is 0 Å². The zero-order chi connectivity index (χ0) is 16.8. The van der Waals surface area contributed by atoms with Crippen molar-refractivity contribution in [3.05, 3.63) is 83.4 Å². The van der Waals surface area contributed by atoms with E-state index in [2.05, 4.69) is 17.1 Å². The van der Waals surface area contributed by atoms with Crippen molar-refractivity contribution in [2.24, 2.45) is 0 Å². The molecule has 0 N–H and O–H groups in total. The molecule has 0 radical (unpaired) electrons. The van der Waals surface area contributed by atoms with Gasteiger partial charge in [-0.05, 0) is 29.8 Å². The third kappa shape index (κ3) is 3.63. The van der Waals surface area contributed by atoms with Gasteiger partial charge in [-0.3, -0.25) is 0 Å². The van der Waals surface area contributed by atoms with Crippen molar-refractivity contribution in [3.63, 3.8) is 0 Å². The molecule has 0 aliphatic rings. The standard InChI is InChI=1S/C20H13N3S/c21-12-15-6-8-16(9-7-15)14-24-20-18(13-22)10-11-19(23-20)17-4-2-1-3-5-17/h1-11H,14H2. The molecule has 0 atom stereocenters. The Morgan fingerprint density at radius 2 is 1.58 bits per heavy atom. The molecule has 1 aromatic heterocycles. The van der Waals surface area contributed by atoms with Crippen LogP contribution in [0.5, 0.6) is 0 Å². The molecule has 0 aliphatic carbocycles. The highest BCUT2D eigenvalue weighted by atomic mass is 32.2. The Morgan fingerprint density at radius 3 is 2.25 bits per heavy atom. The summed E-state index contributed by atoms with van der Waals surface area (Å²) in [5.74, 6) is 0.700. The van der Waals surface area contributed by atoms with Crippen molar-refractivity contribution in [3.8, 4) is 23.4 Å². The first kappa shape index (κ1) is 15.8. The van der Waals surface area contributed by atoms with Gasteiger partial charge in [-0.15, -0.1) is 11.8 Å². The van der Waals surface area contributed by atoms with Crippen molar-refractivity contribution < 1.29 is 0 Å². The molecule has 0 bridgehead atoms. The highest BCUT2D eigenvalue weighted by Gasteiger charge is 2.08. The smallest absolute Gasteiger partial charge is 0.115 e. The van der Waals surface area contributed by atoms with Gasteiger partial charge in [-0.25, -0.2) is 4.98 Å². The Kier molecular flexibility index (Phi) is 4.91. The molecule has 0 spiro atoms. The predicted molar refractivity (Wildman–Crippen MR) is 95.1 cm³/mol. The van der Waals surface area contributed by atoms with Gasteiger partial charge in [0, 0.05) is 11.3 Å². The summed E-state index contributed by atoms with van der Waals surface area (Å²) in [6.07, 6.45) is 0. The average Bonchev–Trinajstić information content (AvgIpc) is 2.67. The van der Waals surface area contributed by atoms with E-state index in [0.717, 1.165) is 21.8 Å². The van der Waals surface area contributed by atoms with E-state index in [-0.39, 0.29) is 0 Å². The number of thioether (sulfide) groups is 1. The molecular weight excluding hydrogens is 314 g/mol. The SMILES string of the molecule is N#Cc1ccc(CSc2nc(-c3ccccc3)ccc2C#N)cc1. The fraction of sp³-hybridized carbons (Fsp3) is 0.0500. The van der Waals surface area contributed by atoms with Crippen molar-refractivity contribution in [2.75, 3.05) is 0 Å². The van der Waals surface area contributed by atoms with E-state index < -0.39 is 0 Å². The third-order valence-corrected chi connectivity index (χ3v) is 4.57. The lowest BCUT2D eigenvalue weighted by Gasteiger charge is -2.07. The summed E-state index contributed by atoms with van der Waals surface area (Å²) in [4.78, 5) is 4.65. The molecule has 0 saturated carbocycles. The van der Waals surface area contributed by atoms with E-state index in [1.165, 1.54) is 11.8 Å². The minimum atomic E-state index is 0.577. The van der Waals surface area contributed by atoms with Crippen LogP contribution in [0.4, 0.5) is 0 Å². The lowest BCUT2D eigenvalue weighted by Crippen LogP contribution is -1.91. The molecule has 0 aliphatic heterocycles. The van der Waals surface area contributed by atoms with Crippen LogP contribution in [0, 0.1) is 22.7 Å². The minimum absolute atomic E-state index is 0.577. The second kappa shape index (κ2) is 7.46. The molecule has 3 nitrogen and oxygen atoms in total. The van der Waals surface area contributed by atoms with Crippen LogP contribution < -0.4 is 0 Å². The van der Waals surface area contributed by atoms with Crippen LogP contribution >= 0.6 is 11.8 Å². The van der Waals surface area contributed by atoms with E-state index in [1.54, 1.807) is 12.1 Å². The minimum Gasteiger partial charge on any atom is -0.240 e. The van der Waals surface area contributed by atoms with Gasteiger partial charge in [-0.1, -0.05) is 42.5 Å². The van der Waals surface area contributed by atoms with Crippen LogP contribution in [0.15, 0.2) is 71.8 Å². The van der Waals surface area contributed by atoms with Gasteiger partial charge in [-0.2, -0.15) is 10.5 Å². The van der Waals surface area contributed by atoms with E-state index in [9.17, 15) is 5.26 Å². The van der Waals surface area contributed by atoms with Gasteiger partial charge in [0.15, 0.2) is 0 Å². The highest BCUT2D eigenvalue weighted by molar-refractivity contribution is 7.98. The van der Waals surface area contributed by atoms with Gasteiger partial charge in [0.1, 0.15) is 11.1 Å². The van der Waals surface area contributed by atoms with E-state index in [4.69, 9.17) is 5.26 Å². The maximum absolute atomic E-state index is 9.31. The highest BCUT2D eigenvalue weighted by Crippen LogP contribution is 2.27. The molecule has 3 rings (SSSR count). The zero-order valence-corrected chi connectivity index (χ0v) is 13.6. The maximum atomic E-state index is 9.31. The van der Waals surface area contributed by atoms with Crippen LogP contribution in [-0.2, 0) is 5.75 Å². The number of hydrogen-bond donors (Lipinski definition) is 0. The lowest BCUT2D eigenvalue weighted by atomic mass is 10.1. The molecule has 24 heavy (non-hydrogen) atoms. The molecule has 3 aromatic rings. The number of nitrogens with zero attached hydrogens (tertiary/aromatic N) is 3. The summed E-state index contributed by atoms with van der Waals surface area (Å²) < 4.78 is 0. The average molecular weight is 327 g/mol.